The summed E-state index contributed by atoms with van der Waals surface area (Å²) in [5, 5.41) is 3.84. The Labute approximate surface area is 192 Å². The van der Waals surface area contributed by atoms with Crippen LogP contribution in [0.15, 0.2) is 47.6 Å². The molecule has 0 saturated heterocycles. The molecule has 2 aromatic carbocycles. The zero-order valence-corrected chi connectivity index (χ0v) is 19.0. The molecule has 0 atom stereocenters. The van der Waals surface area contributed by atoms with Crippen molar-refractivity contribution in [3.05, 3.63) is 58.9 Å². The molecule has 0 spiro atoms. The maximum atomic E-state index is 13.4. The molecule has 7 nitrogen and oxygen atoms in total. The summed E-state index contributed by atoms with van der Waals surface area (Å²) in [4.78, 5) is 16.8. The molecule has 0 fully saturated rings. The standard InChI is InChI=1S/C20H19ClF4N2O5S/c1-3-4-19(28)31-12-27(33(29,30)20(23,24)25)18-10-5-14(21)11-17(18)13(2)26-32-16-8-6-15(22)7-9-16/h5-11H,3-4,12H2,1-2H3. The highest BCUT2D eigenvalue weighted by Gasteiger charge is 2.51. The number of alkyl halides is 3. The third-order valence-corrected chi connectivity index (χ3v) is 5.80. The van der Waals surface area contributed by atoms with Crippen molar-refractivity contribution < 1.29 is 40.3 Å². The molecular weight excluding hydrogens is 492 g/mol. The van der Waals surface area contributed by atoms with E-state index >= 15 is 0 Å². The maximum Gasteiger partial charge on any atom is 0.516 e. The molecule has 0 aromatic heterocycles. The highest BCUT2D eigenvalue weighted by atomic mass is 35.5. The number of benzene rings is 2. The van der Waals surface area contributed by atoms with Crippen LogP contribution < -0.4 is 9.14 Å². The molecule has 180 valence electrons. The Bertz CT molecular complexity index is 1120. The zero-order chi connectivity index (χ0) is 24.8. The molecule has 33 heavy (non-hydrogen) atoms. The average molecular weight is 511 g/mol. The van der Waals surface area contributed by atoms with E-state index in [1.54, 1.807) is 6.92 Å². The van der Waals surface area contributed by atoms with Crippen LogP contribution in [-0.2, 0) is 19.6 Å². The van der Waals surface area contributed by atoms with Gasteiger partial charge in [-0.1, -0.05) is 23.7 Å². The molecule has 0 unspecified atom stereocenters. The SMILES string of the molecule is CCCC(=O)OCN(c1ccc(Cl)cc1C(C)=NOc1ccc(F)cc1)S(=O)(=O)C(F)(F)F. The number of anilines is 1. The van der Waals surface area contributed by atoms with E-state index < -0.39 is 39.7 Å². The second-order valence-corrected chi connectivity index (χ2v) is 8.87. The number of nitrogens with zero attached hydrogens (tertiary/aromatic N) is 2. The summed E-state index contributed by atoms with van der Waals surface area (Å²) in [5.74, 6) is -1.28. The number of halogens is 5. The predicted octanol–water partition coefficient (Wildman–Crippen LogP) is 5.24. The van der Waals surface area contributed by atoms with Crippen LogP contribution in [0, 0.1) is 5.82 Å². The lowest BCUT2D eigenvalue weighted by Crippen LogP contribution is -2.43. The fourth-order valence-electron chi connectivity index (χ4n) is 2.48. The minimum Gasteiger partial charge on any atom is -0.443 e. The fraction of sp³-hybridized carbons (Fsp3) is 0.300. The maximum absolute atomic E-state index is 13.4. The average Bonchev–Trinajstić information content (AvgIpc) is 2.73. The first-order valence-corrected chi connectivity index (χ1v) is 11.2. The number of esters is 1. The van der Waals surface area contributed by atoms with Crippen LogP contribution >= 0.6 is 11.6 Å². The van der Waals surface area contributed by atoms with Gasteiger partial charge < -0.3 is 9.57 Å². The molecule has 0 radical (unpaired) electrons. The van der Waals surface area contributed by atoms with Crippen molar-refractivity contribution in [2.45, 2.75) is 32.2 Å². The number of hydrogen-bond acceptors (Lipinski definition) is 6. The topological polar surface area (TPSA) is 85.3 Å². The number of oxime groups is 1. The van der Waals surface area contributed by atoms with Crippen molar-refractivity contribution in [3.63, 3.8) is 0 Å². The molecule has 0 heterocycles. The largest absolute Gasteiger partial charge is 0.516 e. The van der Waals surface area contributed by atoms with E-state index in [0.29, 0.717) is 6.42 Å². The van der Waals surface area contributed by atoms with Gasteiger partial charge in [-0.2, -0.15) is 21.6 Å². The molecule has 0 saturated carbocycles. The van der Waals surface area contributed by atoms with Crippen LogP contribution in [0.4, 0.5) is 23.2 Å². The molecule has 0 amide bonds. The molecule has 0 bridgehead atoms. The van der Waals surface area contributed by atoms with Gasteiger partial charge in [-0.3, -0.25) is 4.79 Å². The summed E-state index contributed by atoms with van der Waals surface area (Å²) in [7, 11) is -5.97. The van der Waals surface area contributed by atoms with E-state index in [1.807, 2.05) is 0 Å². The number of carbonyl (C=O) groups excluding carboxylic acids is 1. The van der Waals surface area contributed by atoms with Gasteiger partial charge in [0.1, 0.15) is 5.82 Å². The van der Waals surface area contributed by atoms with Crippen molar-refractivity contribution in [3.8, 4) is 5.75 Å². The van der Waals surface area contributed by atoms with E-state index in [4.69, 9.17) is 21.2 Å². The van der Waals surface area contributed by atoms with Crippen LogP contribution in [0.3, 0.4) is 0 Å². The lowest BCUT2D eigenvalue weighted by Gasteiger charge is -2.26. The predicted molar refractivity (Wildman–Crippen MR) is 114 cm³/mol. The third kappa shape index (κ3) is 6.81. The summed E-state index contributed by atoms with van der Waals surface area (Å²) >= 11 is 5.96. The first kappa shape index (κ1) is 26.4. The van der Waals surface area contributed by atoms with E-state index in [1.165, 1.54) is 31.2 Å². The molecule has 0 aliphatic carbocycles. The Morgan fingerprint density at radius 2 is 1.79 bits per heavy atom. The number of ether oxygens (including phenoxy) is 1. The summed E-state index contributed by atoms with van der Waals surface area (Å²) in [6.45, 7) is 1.76. The van der Waals surface area contributed by atoms with Gasteiger partial charge >= 0.3 is 21.5 Å². The van der Waals surface area contributed by atoms with E-state index in [2.05, 4.69) is 5.16 Å². The zero-order valence-electron chi connectivity index (χ0n) is 17.4. The number of carbonyl (C=O) groups is 1. The molecule has 2 aromatic rings. The van der Waals surface area contributed by atoms with Gasteiger partial charge in [0.05, 0.1) is 11.4 Å². The van der Waals surface area contributed by atoms with Crippen molar-refractivity contribution in [1.82, 2.24) is 0 Å². The molecule has 0 N–H and O–H groups in total. The lowest BCUT2D eigenvalue weighted by atomic mass is 10.1. The van der Waals surface area contributed by atoms with Gasteiger partial charge in [0.25, 0.3) is 0 Å². The van der Waals surface area contributed by atoms with Gasteiger partial charge in [0.15, 0.2) is 12.5 Å². The molecule has 2 rings (SSSR count). The van der Waals surface area contributed by atoms with Crippen molar-refractivity contribution >= 4 is 39.0 Å². The minimum atomic E-state index is -5.97. The van der Waals surface area contributed by atoms with E-state index in [-0.39, 0.29) is 32.8 Å². The van der Waals surface area contributed by atoms with E-state index in [9.17, 15) is 30.8 Å². The van der Waals surface area contributed by atoms with Gasteiger partial charge in [-0.05, 0) is 55.8 Å². The third-order valence-electron chi connectivity index (χ3n) is 4.10. The van der Waals surface area contributed by atoms with Crippen LogP contribution in [0.2, 0.25) is 5.02 Å². The van der Waals surface area contributed by atoms with Crippen molar-refractivity contribution in [2.75, 3.05) is 11.0 Å². The minimum absolute atomic E-state index is 0.0564. The van der Waals surface area contributed by atoms with Crippen LogP contribution in [-0.4, -0.2) is 32.3 Å². The molecule has 0 aliphatic rings. The van der Waals surface area contributed by atoms with Crippen LogP contribution in [0.5, 0.6) is 5.75 Å². The van der Waals surface area contributed by atoms with Gasteiger partial charge in [0.2, 0.25) is 0 Å². The van der Waals surface area contributed by atoms with Gasteiger partial charge in [-0.25, -0.2) is 8.70 Å². The van der Waals surface area contributed by atoms with Crippen LogP contribution in [0.1, 0.15) is 32.3 Å². The quantitative estimate of drug-likeness (QED) is 0.151. The molecule has 0 aliphatic heterocycles. The van der Waals surface area contributed by atoms with Gasteiger partial charge in [0, 0.05) is 17.0 Å². The monoisotopic (exact) mass is 510 g/mol. The Morgan fingerprint density at radius 3 is 2.36 bits per heavy atom. The Hall–Kier alpha value is -2.86. The van der Waals surface area contributed by atoms with Gasteiger partial charge in [-0.15, -0.1) is 0 Å². The Morgan fingerprint density at radius 1 is 1.15 bits per heavy atom. The normalized spacial score (nSPS) is 12.4. The number of sulfonamides is 1. The smallest absolute Gasteiger partial charge is 0.443 e. The summed E-state index contributed by atoms with van der Waals surface area (Å²) in [6.07, 6.45) is 0.239. The first-order valence-electron chi connectivity index (χ1n) is 9.38. The second-order valence-electron chi connectivity index (χ2n) is 6.58. The Kier molecular flexibility index (Phi) is 8.67. The molecule has 13 heteroatoms. The van der Waals surface area contributed by atoms with Crippen molar-refractivity contribution in [1.29, 1.82) is 0 Å². The summed E-state index contributed by atoms with van der Waals surface area (Å²) in [5.41, 5.74) is -6.37. The van der Waals surface area contributed by atoms with Crippen molar-refractivity contribution in [2.24, 2.45) is 5.16 Å². The summed E-state index contributed by atoms with van der Waals surface area (Å²) < 4.78 is 82.3. The Balaban J connectivity index is 2.51. The van der Waals surface area contributed by atoms with E-state index in [0.717, 1.165) is 18.2 Å². The lowest BCUT2D eigenvalue weighted by molar-refractivity contribution is -0.143. The second kappa shape index (κ2) is 10.8. The fourth-order valence-corrected chi connectivity index (χ4v) is 3.51. The highest BCUT2D eigenvalue weighted by molar-refractivity contribution is 7.93. The highest BCUT2D eigenvalue weighted by Crippen LogP contribution is 2.34. The number of hydrogen-bond donors (Lipinski definition) is 0. The summed E-state index contributed by atoms with van der Waals surface area (Å²) in [6, 6.07) is 8.10. The number of rotatable bonds is 9. The first-order chi connectivity index (χ1) is 15.4. The van der Waals surface area contributed by atoms with Crippen LogP contribution in [0.25, 0.3) is 0 Å². The molecular formula is C20H19ClF4N2O5S.